The highest BCUT2D eigenvalue weighted by Gasteiger charge is 2.29. The van der Waals surface area contributed by atoms with Crippen LogP contribution in [0.15, 0.2) is 54.6 Å². The summed E-state index contributed by atoms with van der Waals surface area (Å²) in [6, 6.07) is 18.5. The second kappa shape index (κ2) is 7.51. The van der Waals surface area contributed by atoms with Crippen molar-refractivity contribution in [3.63, 3.8) is 0 Å². The molecule has 0 fully saturated rings. The monoisotopic (exact) mass is 337 g/mol. The predicted octanol–water partition coefficient (Wildman–Crippen LogP) is 3.66. The third-order valence-corrected chi connectivity index (χ3v) is 4.80. The van der Waals surface area contributed by atoms with E-state index in [0.717, 1.165) is 0 Å². The summed E-state index contributed by atoms with van der Waals surface area (Å²) < 4.78 is 0. The first-order valence-electron chi connectivity index (χ1n) is 8.67. The molecule has 1 amide bonds. The number of aliphatic carboxylic acids is 1. The zero-order valence-electron chi connectivity index (χ0n) is 14.4. The van der Waals surface area contributed by atoms with E-state index in [2.05, 4.69) is 24.3 Å². The van der Waals surface area contributed by atoms with Gasteiger partial charge in [-0.25, -0.2) is 0 Å². The van der Waals surface area contributed by atoms with Crippen LogP contribution < -0.4 is 0 Å². The molecule has 1 aliphatic rings. The molecule has 25 heavy (non-hydrogen) atoms. The number of carboxylic acid groups (broad SMARTS) is 1. The fourth-order valence-electron chi connectivity index (χ4n) is 3.56. The van der Waals surface area contributed by atoms with Crippen LogP contribution in [-0.4, -0.2) is 28.4 Å². The molecule has 2 unspecified atom stereocenters. The van der Waals surface area contributed by atoms with Gasteiger partial charge in [0.25, 0.3) is 0 Å². The maximum atomic E-state index is 12.7. The van der Waals surface area contributed by atoms with Gasteiger partial charge in [0.1, 0.15) is 0 Å². The smallest absolute Gasteiger partial charge is 0.303 e. The Morgan fingerprint density at radius 3 is 2.48 bits per heavy atom. The highest BCUT2D eigenvalue weighted by molar-refractivity contribution is 5.78. The molecule has 130 valence electrons. The highest BCUT2D eigenvalue weighted by atomic mass is 16.4. The summed E-state index contributed by atoms with van der Waals surface area (Å²) in [7, 11) is 0. The third kappa shape index (κ3) is 4.08. The number of amides is 1. The summed E-state index contributed by atoms with van der Waals surface area (Å²) in [5.41, 5.74) is 3.64. The summed E-state index contributed by atoms with van der Waals surface area (Å²) in [5, 5.41) is 8.90. The van der Waals surface area contributed by atoms with Crippen molar-refractivity contribution in [2.45, 2.75) is 32.2 Å². The summed E-state index contributed by atoms with van der Waals surface area (Å²) in [5.74, 6) is -0.821. The first kappa shape index (κ1) is 17.2. The molecule has 0 saturated carbocycles. The number of hydrogen-bond donors (Lipinski definition) is 1. The Kier molecular flexibility index (Phi) is 5.17. The minimum atomic E-state index is -0.855. The fourth-order valence-corrected chi connectivity index (χ4v) is 3.56. The van der Waals surface area contributed by atoms with Gasteiger partial charge in [0, 0.05) is 31.8 Å². The lowest BCUT2D eigenvalue weighted by atomic mass is 9.84. The van der Waals surface area contributed by atoms with Crippen LogP contribution in [0, 0.1) is 5.92 Å². The summed E-state index contributed by atoms with van der Waals surface area (Å²) in [4.78, 5) is 25.4. The van der Waals surface area contributed by atoms with E-state index < -0.39 is 5.97 Å². The topological polar surface area (TPSA) is 57.6 Å². The van der Waals surface area contributed by atoms with Gasteiger partial charge in [-0.15, -0.1) is 0 Å². The summed E-state index contributed by atoms with van der Waals surface area (Å²) in [6.07, 6.45) is 0.300. The molecule has 1 N–H and O–H groups in total. The molecular weight excluding hydrogens is 314 g/mol. The van der Waals surface area contributed by atoms with E-state index in [0.29, 0.717) is 13.1 Å². The van der Waals surface area contributed by atoms with Crippen molar-refractivity contribution in [2.75, 3.05) is 6.54 Å². The van der Waals surface area contributed by atoms with E-state index in [-0.39, 0.29) is 30.6 Å². The molecule has 1 aliphatic heterocycles. The van der Waals surface area contributed by atoms with Crippen LogP contribution in [0.1, 0.15) is 42.4 Å². The van der Waals surface area contributed by atoms with Crippen molar-refractivity contribution in [2.24, 2.45) is 5.92 Å². The van der Waals surface area contributed by atoms with Gasteiger partial charge >= 0.3 is 5.97 Å². The van der Waals surface area contributed by atoms with Crippen LogP contribution >= 0.6 is 0 Å². The largest absolute Gasteiger partial charge is 0.481 e. The number of carbonyl (C=O) groups excluding carboxylic acids is 1. The van der Waals surface area contributed by atoms with E-state index in [1.807, 2.05) is 42.2 Å². The molecule has 0 radical (unpaired) electrons. The maximum Gasteiger partial charge on any atom is 0.303 e. The van der Waals surface area contributed by atoms with Crippen LogP contribution in [0.4, 0.5) is 0 Å². The van der Waals surface area contributed by atoms with Crippen LogP contribution in [-0.2, 0) is 16.1 Å². The van der Waals surface area contributed by atoms with Gasteiger partial charge in [0.15, 0.2) is 0 Å². The molecule has 4 nitrogen and oxygen atoms in total. The normalized spacial score (nSPS) is 17.6. The number of nitrogens with zero attached hydrogens (tertiary/aromatic N) is 1. The average molecular weight is 337 g/mol. The van der Waals surface area contributed by atoms with Gasteiger partial charge in [-0.3, -0.25) is 9.59 Å². The van der Waals surface area contributed by atoms with Crippen molar-refractivity contribution >= 4 is 11.9 Å². The van der Waals surface area contributed by atoms with Crippen LogP contribution in [0.3, 0.4) is 0 Å². The predicted molar refractivity (Wildman–Crippen MR) is 96.2 cm³/mol. The lowest BCUT2D eigenvalue weighted by Crippen LogP contribution is -2.39. The van der Waals surface area contributed by atoms with Crippen molar-refractivity contribution in [3.8, 4) is 0 Å². The van der Waals surface area contributed by atoms with Gasteiger partial charge in [0.2, 0.25) is 5.91 Å². The lowest BCUT2D eigenvalue weighted by Gasteiger charge is -2.35. The molecule has 3 rings (SSSR count). The van der Waals surface area contributed by atoms with E-state index in [9.17, 15) is 9.59 Å². The van der Waals surface area contributed by atoms with E-state index in [4.69, 9.17) is 5.11 Å². The van der Waals surface area contributed by atoms with E-state index >= 15 is 0 Å². The Bertz CT molecular complexity index is 757. The molecule has 0 aromatic heterocycles. The van der Waals surface area contributed by atoms with Gasteiger partial charge in [-0.2, -0.15) is 0 Å². The zero-order valence-corrected chi connectivity index (χ0v) is 14.4. The molecule has 0 bridgehead atoms. The van der Waals surface area contributed by atoms with Crippen LogP contribution in [0.5, 0.6) is 0 Å². The first-order valence-corrected chi connectivity index (χ1v) is 8.67. The quantitative estimate of drug-likeness (QED) is 0.906. The molecule has 0 spiro atoms. The third-order valence-electron chi connectivity index (χ3n) is 4.80. The Balaban J connectivity index is 1.82. The summed E-state index contributed by atoms with van der Waals surface area (Å²) >= 11 is 0. The average Bonchev–Trinajstić information content (AvgIpc) is 2.60. The molecule has 2 aromatic carbocycles. The highest BCUT2D eigenvalue weighted by Crippen LogP contribution is 2.33. The van der Waals surface area contributed by atoms with E-state index in [1.165, 1.54) is 16.7 Å². The minimum absolute atomic E-state index is 0.0261. The molecule has 0 saturated heterocycles. The van der Waals surface area contributed by atoms with Crippen LogP contribution in [0.25, 0.3) is 0 Å². The number of carboxylic acids is 1. The number of fused-ring (bicyclic) bond motifs is 1. The van der Waals surface area contributed by atoms with Gasteiger partial charge in [-0.05, 0) is 22.6 Å². The Labute approximate surface area is 148 Å². The fraction of sp³-hybridized carbons (Fsp3) is 0.333. The molecule has 2 aromatic rings. The Morgan fingerprint density at radius 1 is 1.08 bits per heavy atom. The van der Waals surface area contributed by atoms with Crippen molar-refractivity contribution in [1.82, 2.24) is 4.90 Å². The molecule has 4 heteroatoms. The summed E-state index contributed by atoms with van der Waals surface area (Å²) in [6.45, 7) is 3.05. The number of benzene rings is 2. The zero-order chi connectivity index (χ0) is 17.8. The SMILES string of the molecule is CC(CC(=O)O)CC(=O)N1Cc2ccccc2C(c2ccccc2)C1. The van der Waals surface area contributed by atoms with E-state index in [1.54, 1.807) is 0 Å². The van der Waals surface area contributed by atoms with Gasteiger partial charge < -0.3 is 10.0 Å². The van der Waals surface area contributed by atoms with Crippen LogP contribution in [0.2, 0.25) is 0 Å². The second-order valence-corrected chi connectivity index (χ2v) is 6.84. The Morgan fingerprint density at radius 2 is 1.76 bits per heavy atom. The Hall–Kier alpha value is -2.62. The molecular formula is C21H23NO3. The lowest BCUT2D eigenvalue weighted by molar-refractivity contribution is -0.138. The maximum absolute atomic E-state index is 12.7. The molecule has 2 atom stereocenters. The standard InChI is InChI=1S/C21H23NO3/c1-15(12-21(24)25)11-20(23)22-13-17-9-5-6-10-18(17)19(14-22)16-7-3-2-4-8-16/h2-10,15,19H,11-14H2,1H3,(H,24,25). The number of carbonyl (C=O) groups is 2. The van der Waals surface area contributed by atoms with Crippen molar-refractivity contribution < 1.29 is 14.7 Å². The number of rotatable bonds is 5. The first-order chi connectivity index (χ1) is 12.0. The molecule has 1 heterocycles. The second-order valence-electron chi connectivity index (χ2n) is 6.84. The van der Waals surface area contributed by atoms with Gasteiger partial charge in [-0.1, -0.05) is 61.5 Å². The van der Waals surface area contributed by atoms with Crippen molar-refractivity contribution in [1.29, 1.82) is 0 Å². The van der Waals surface area contributed by atoms with Gasteiger partial charge in [0.05, 0.1) is 0 Å². The minimum Gasteiger partial charge on any atom is -0.481 e. The molecule has 0 aliphatic carbocycles. The number of hydrogen-bond acceptors (Lipinski definition) is 2. The van der Waals surface area contributed by atoms with Crippen molar-refractivity contribution in [3.05, 3.63) is 71.3 Å².